The minimum atomic E-state index is -0.0552. The van der Waals surface area contributed by atoms with Crippen LogP contribution in [0.5, 0.6) is 0 Å². The summed E-state index contributed by atoms with van der Waals surface area (Å²) in [5.74, 6) is 1.04. The van der Waals surface area contributed by atoms with Crippen molar-refractivity contribution in [3.63, 3.8) is 0 Å². The molecule has 0 bridgehead atoms. The lowest BCUT2D eigenvalue weighted by molar-refractivity contribution is 0.237. The van der Waals surface area contributed by atoms with Crippen molar-refractivity contribution >= 4 is 6.03 Å². The molecule has 1 heterocycles. The molecule has 1 atom stereocenters. The summed E-state index contributed by atoms with van der Waals surface area (Å²) in [5.41, 5.74) is 0. The number of carbonyl (C=O) groups is 1. The molecule has 2 amide bonds. The molecular weight excluding hydrogens is 252 g/mol. The van der Waals surface area contributed by atoms with Crippen LogP contribution in [0, 0.1) is 6.92 Å². The van der Waals surface area contributed by atoms with E-state index in [1.165, 1.54) is 0 Å². The number of nitrogens with zero attached hydrogens (tertiary/aromatic N) is 2. The molecule has 0 aliphatic heterocycles. The second-order valence-corrected chi connectivity index (χ2v) is 5.24. The molecule has 1 aromatic heterocycles. The lowest BCUT2D eigenvalue weighted by Gasteiger charge is -2.18. The van der Waals surface area contributed by atoms with Crippen LogP contribution in [-0.4, -0.2) is 28.2 Å². The molecular formula is C15H24N4O. The van der Waals surface area contributed by atoms with Crippen LogP contribution in [0.2, 0.25) is 0 Å². The fourth-order valence-corrected chi connectivity index (χ4v) is 2.40. The van der Waals surface area contributed by atoms with Crippen LogP contribution in [0.1, 0.15) is 37.9 Å². The first-order valence-corrected chi connectivity index (χ1v) is 7.44. The van der Waals surface area contributed by atoms with Crippen molar-refractivity contribution in [3.05, 3.63) is 30.4 Å². The van der Waals surface area contributed by atoms with Gasteiger partial charge in [0.05, 0.1) is 0 Å². The van der Waals surface area contributed by atoms with E-state index in [0.29, 0.717) is 0 Å². The summed E-state index contributed by atoms with van der Waals surface area (Å²) in [6, 6.07) is 0.151. The first-order valence-electron chi connectivity index (χ1n) is 7.44. The maximum Gasteiger partial charge on any atom is 0.315 e. The summed E-state index contributed by atoms with van der Waals surface area (Å²) in [7, 11) is 0. The lowest BCUT2D eigenvalue weighted by Crippen LogP contribution is -2.42. The van der Waals surface area contributed by atoms with Crippen molar-refractivity contribution in [3.8, 4) is 0 Å². The van der Waals surface area contributed by atoms with Crippen LogP contribution in [0.3, 0.4) is 0 Å². The Labute approximate surface area is 120 Å². The van der Waals surface area contributed by atoms with E-state index < -0.39 is 0 Å². The van der Waals surface area contributed by atoms with Gasteiger partial charge in [0.15, 0.2) is 0 Å². The smallest absolute Gasteiger partial charge is 0.315 e. The number of amides is 2. The molecule has 1 unspecified atom stereocenters. The topological polar surface area (TPSA) is 59.0 Å². The van der Waals surface area contributed by atoms with E-state index in [2.05, 4.69) is 32.3 Å². The van der Waals surface area contributed by atoms with Gasteiger partial charge in [0, 0.05) is 31.5 Å². The minimum Gasteiger partial charge on any atom is -0.338 e. The molecule has 0 saturated heterocycles. The standard InChI is InChI=1S/C15H24N4O/c1-13-16-10-12-19(13)11-6-5-9-17-15(20)18-14-7-3-2-4-8-14/h3,7,10,12,14H,2,4-6,8-9,11H2,1H3,(H2,17,18,20). The van der Waals surface area contributed by atoms with E-state index in [-0.39, 0.29) is 12.1 Å². The number of hydrogen-bond acceptors (Lipinski definition) is 2. The van der Waals surface area contributed by atoms with Gasteiger partial charge in [0.1, 0.15) is 5.82 Å². The van der Waals surface area contributed by atoms with Gasteiger partial charge < -0.3 is 15.2 Å². The van der Waals surface area contributed by atoms with Crippen LogP contribution >= 0.6 is 0 Å². The second kappa shape index (κ2) is 7.72. The van der Waals surface area contributed by atoms with Crippen molar-refractivity contribution < 1.29 is 4.79 Å². The van der Waals surface area contributed by atoms with Crippen LogP contribution in [0.25, 0.3) is 0 Å². The average molecular weight is 276 g/mol. The molecule has 1 aliphatic carbocycles. The number of rotatable bonds is 6. The number of aryl methyl sites for hydroxylation is 2. The third-order valence-corrected chi connectivity index (χ3v) is 3.61. The number of imidazole rings is 1. The summed E-state index contributed by atoms with van der Waals surface area (Å²) in [4.78, 5) is 15.9. The molecule has 2 rings (SSSR count). The molecule has 5 nitrogen and oxygen atoms in total. The highest BCUT2D eigenvalue weighted by Gasteiger charge is 2.10. The van der Waals surface area contributed by atoms with Crippen molar-refractivity contribution in [1.29, 1.82) is 0 Å². The van der Waals surface area contributed by atoms with E-state index in [9.17, 15) is 4.79 Å². The Kier molecular flexibility index (Phi) is 5.65. The lowest BCUT2D eigenvalue weighted by atomic mass is 10.0. The number of urea groups is 1. The Morgan fingerprint density at radius 1 is 1.50 bits per heavy atom. The van der Waals surface area contributed by atoms with Crippen molar-refractivity contribution in [2.24, 2.45) is 0 Å². The monoisotopic (exact) mass is 276 g/mol. The van der Waals surface area contributed by atoms with E-state index in [1.807, 2.05) is 19.3 Å². The molecule has 0 saturated carbocycles. The average Bonchev–Trinajstić information content (AvgIpc) is 2.85. The minimum absolute atomic E-state index is 0.0552. The van der Waals surface area contributed by atoms with Gasteiger partial charge in [-0.15, -0.1) is 0 Å². The first kappa shape index (κ1) is 14.6. The fourth-order valence-electron chi connectivity index (χ4n) is 2.40. The Hall–Kier alpha value is -1.78. The molecule has 1 aliphatic rings. The predicted molar refractivity (Wildman–Crippen MR) is 79.5 cm³/mol. The van der Waals surface area contributed by atoms with Gasteiger partial charge in [-0.05, 0) is 39.0 Å². The summed E-state index contributed by atoms with van der Waals surface area (Å²) < 4.78 is 2.13. The highest BCUT2D eigenvalue weighted by atomic mass is 16.2. The van der Waals surface area contributed by atoms with Gasteiger partial charge in [0.2, 0.25) is 0 Å². The normalized spacial score (nSPS) is 17.9. The number of aromatic nitrogens is 2. The summed E-state index contributed by atoms with van der Waals surface area (Å²) in [6.07, 6.45) is 13.4. The van der Waals surface area contributed by atoms with Gasteiger partial charge in [-0.2, -0.15) is 0 Å². The van der Waals surface area contributed by atoms with Crippen LogP contribution in [-0.2, 0) is 6.54 Å². The number of nitrogens with one attached hydrogen (secondary N) is 2. The Balaban J connectivity index is 1.54. The summed E-state index contributed by atoms with van der Waals surface area (Å²) in [6.45, 7) is 3.68. The highest BCUT2D eigenvalue weighted by Crippen LogP contribution is 2.09. The molecule has 0 radical (unpaired) electrons. The predicted octanol–water partition coefficient (Wildman–Crippen LogP) is 2.38. The quantitative estimate of drug-likeness (QED) is 0.619. The van der Waals surface area contributed by atoms with Gasteiger partial charge in [-0.1, -0.05) is 12.2 Å². The van der Waals surface area contributed by atoms with Crippen molar-refractivity contribution in [2.75, 3.05) is 6.54 Å². The van der Waals surface area contributed by atoms with Gasteiger partial charge in [0.25, 0.3) is 0 Å². The summed E-state index contributed by atoms with van der Waals surface area (Å²) >= 11 is 0. The maximum absolute atomic E-state index is 11.7. The van der Waals surface area contributed by atoms with E-state index in [4.69, 9.17) is 0 Å². The molecule has 0 fully saturated rings. The van der Waals surface area contributed by atoms with Gasteiger partial charge in [-0.3, -0.25) is 0 Å². The van der Waals surface area contributed by atoms with Crippen LogP contribution < -0.4 is 10.6 Å². The molecule has 20 heavy (non-hydrogen) atoms. The fraction of sp³-hybridized carbons (Fsp3) is 0.600. The third-order valence-electron chi connectivity index (χ3n) is 3.61. The molecule has 2 N–H and O–H groups in total. The SMILES string of the molecule is Cc1nccn1CCCCNC(=O)NC1C=CCCC1. The number of hydrogen-bond donors (Lipinski definition) is 2. The van der Waals surface area contributed by atoms with Crippen molar-refractivity contribution in [2.45, 2.75) is 51.6 Å². The van der Waals surface area contributed by atoms with Gasteiger partial charge >= 0.3 is 6.03 Å². The summed E-state index contributed by atoms with van der Waals surface area (Å²) in [5, 5.41) is 5.90. The molecule has 110 valence electrons. The van der Waals surface area contributed by atoms with E-state index in [1.54, 1.807) is 0 Å². The highest BCUT2D eigenvalue weighted by molar-refractivity contribution is 5.74. The Bertz CT molecular complexity index is 452. The Morgan fingerprint density at radius 2 is 2.40 bits per heavy atom. The molecule has 0 aromatic carbocycles. The van der Waals surface area contributed by atoms with E-state index in [0.717, 1.165) is 51.0 Å². The van der Waals surface area contributed by atoms with Crippen LogP contribution in [0.15, 0.2) is 24.5 Å². The molecule has 1 aromatic rings. The zero-order valence-electron chi connectivity index (χ0n) is 12.1. The Morgan fingerprint density at radius 3 is 3.10 bits per heavy atom. The number of allylic oxidation sites excluding steroid dienone is 1. The number of unbranched alkanes of at least 4 members (excludes halogenated alkanes) is 1. The second-order valence-electron chi connectivity index (χ2n) is 5.24. The van der Waals surface area contributed by atoms with Gasteiger partial charge in [-0.25, -0.2) is 9.78 Å². The maximum atomic E-state index is 11.7. The largest absolute Gasteiger partial charge is 0.338 e. The zero-order valence-corrected chi connectivity index (χ0v) is 12.1. The zero-order chi connectivity index (χ0) is 14.2. The number of carbonyl (C=O) groups excluding carboxylic acids is 1. The first-order chi connectivity index (χ1) is 9.75. The van der Waals surface area contributed by atoms with E-state index >= 15 is 0 Å². The molecule has 5 heteroatoms. The molecule has 0 spiro atoms. The van der Waals surface area contributed by atoms with Crippen molar-refractivity contribution in [1.82, 2.24) is 20.2 Å². The third kappa shape index (κ3) is 4.72. The van der Waals surface area contributed by atoms with Crippen LogP contribution in [0.4, 0.5) is 4.79 Å².